The van der Waals surface area contributed by atoms with Crippen molar-refractivity contribution in [3.05, 3.63) is 45.1 Å². The molecule has 0 heterocycles. The van der Waals surface area contributed by atoms with Gasteiger partial charge in [-0.05, 0) is 31.0 Å². The second kappa shape index (κ2) is 5.76. The fraction of sp³-hybridized carbons (Fsp3) is 0.286. The fourth-order valence-electron chi connectivity index (χ4n) is 1.83. The molecule has 0 saturated carbocycles. The standard InChI is InChI=1S/C14H12Cl2O3/c1-8-12(15)6-5-11(13(8)16)14(18)19-10-4-2-3-9(17)7-10/h5-7H,2-4H2,1H3. The summed E-state index contributed by atoms with van der Waals surface area (Å²) in [4.78, 5) is 23.2. The van der Waals surface area contributed by atoms with E-state index in [1.165, 1.54) is 12.1 Å². The van der Waals surface area contributed by atoms with Crippen LogP contribution < -0.4 is 0 Å². The molecule has 0 saturated heterocycles. The van der Waals surface area contributed by atoms with Gasteiger partial charge in [0.25, 0.3) is 0 Å². The summed E-state index contributed by atoms with van der Waals surface area (Å²) in [5.41, 5.74) is 0.883. The van der Waals surface area contributed by atoms with E-state index in [1.54, 1.807) is 13.0 Å². The van der Waals surface area contributed by atoms with E-state index in [1.807, 2.05) is 0 Å². The van der Waals surface area contributed by atoms with Crippen LogP contribution in [0.4, 0.5) is 0 Å². The van der Waals surface area contributed by atoms with Gasteiger partial charge in [0.05, 0.1) is 10.6 Å². The van der Waals surface area contributed by atoms with E-state index in [0.29, 0.717) is 35.6 Å². The lowest BCUT2D eigenvalue weighted by Crippen LogP contribution is -2.11. The number of carbonyl (C=O) groups is 2. The van der Waals surface area contributed by atoms with Crippen molar-refractivity contribution in [2.24, 2.45) is 0 Å². The van der Waals surface area contributed by atoms with Gasteiger partial charge in [-0.3, -0.25) is 4.79 Å². The molecule has 1 aliphatic rings. The van der Waals surface area contributed by atoms with E-state index in [0.717, 1.165) is 0 Å². The smallest absolute Gasteiger partial charge is 0.344 e. The van der Waals surface area contributed by atoms with E-state index >= 15 is 0 Å². The molecule has 1 aromatic rings. The minimum absolute atomic E-state index is 0.0209. The highest BCUT2D eigenvalue weighted by molar-refractivity contribution is 6.37. The highest BCUT2D eigenvalue weighted by Crippen LogP contribution is 2.28. The van der Waals surface area contributed by atoms with Crippen LogP contribution in [-0.2, 0) is 9.53 Å². The Hall–Kier alpha value is -1.32. The number of carbonyl (C=O) groups excluding carboxylic acids is 2. The molecule has 1 aliphatic carbocycles. The third-order valence-corrected chi connectivity index (χ3v) is 3.83. The summed E-state index contributed by atoms with van der Waals surface area (Å²) in [7, 11) is 0. The van der Waals surface area contributed by atoms with Crippen molar-refractivity contribution >= 4 is 35.0 Å². The van der Waals surface area contributed by atoms with Crippen LogP contribution in [0.3, 0.4) is 0 Å². The van der Waals surface area contributed by atoms with Gasteiger partial charge in [0, 0.05) is 23.9 Å². The largest absolute Gasteiger partial charge is 0.427 e. The summed E-state index contributed by atoms with van der Waals surface area (Å²) < 4.78 is 5.20. The molecule has 100 valence electrons. The van der Waals surface area contributed by atoms with Gasteiger partial charge in [0.15, 0.2) is 5.78 Å². The monoisotopic (exact) mass is 298 g/mol. The molecule has 0 N–H and O–H groups in total. The van der Waals surface area contributed by atoms with Crippen molar-refractivity contribution in [2.75, 3.05) is 0 Å². The number of hydrogen-bond acceptors (Lipinski definition) is 3. The van der Waals surface area contributed by atoms with E-state index in [2.05, 4.69) is 0 Å². The van der Waals surface area contributed by atoms with Crippen LogP contribution in [0.5, 0.6) is 0 Å². The maximum absolute atomic E-state index is 12.0. The predicted molar refractivity (Wildman–Crippen MR) is 73.6 cm³/mol. The number of allylic oxidation sites excluding steroid dienone is 2. The van der Waals surface area contributed by atoms with Crippen molar-refractivity contribution < 1.29 is 14.3 Å². The molecular weight excluding hydrogens is 287 g/mol. The van der Waals surface area contributed by atoms with Gasteiger partial charge in [0.2, 0.25) is 0 Å². The Labute approximate surface area is 121 Å². The lowest BCUT2D eigenvalue weighted by molar-refractivity contribution is -0.115. The van der Waals surface area contributed by atoms with Crippen LogP contribution in [0.15, 0.2) is 24.0 Å². The molecule has 0 spiro atoms. The van der Waals surface area contributed by atoms with E-state index < -0.39 is 5.97 Å². The topological polar surface area (TPSA) is 43.4 Å². The lowest BCUT2D eigenvalue weighted by Gasteiger charge is -2.13. The zero-order valence-corrected chi connectivity index (χ0v) is 11.8. The van der Waals surface area contributed by atoms with E-state index in [-0.39, 0.29) is 16.4 Å². The highest BCUT2D eigenvalue weighted by atomic mass is 35.5. The van der Waals surface area contributed by atoms with Crippen molar-refractivity contribution in [1.82, 2.24) is 0 Å². The van der Waals surface area contributed by atoms with Crippen LogP contribution >= 0.6 is 23.2 Å². The Balaban J connectivity index is 2.21. The van der Waals surface area contributed by atoms with Crippen molar-refractivity contribution in [2.45, 2.75) is 26.2 Å². The Morgan fingerprint density at radius 3 is 2.68 bits per heavy atom. The maximum Gasteiger partial charge on any atom is 0.344 e. The molecule has 0 unspecified atom stereocenters. The van der Waals surface area contributed by atoms with Gasteiger partial charge in [-0.25, -0.2) is 4.79 Å². The van der Waals surface area contributed by atoms with Crippen LogP contribution in [0.1, 0.15) is 35.2 Å². The minimum atomic E-state index is -0.564. The van der Waals surface area contributed by atoms with Gasteiger partial charge in [-0.2, -0.15) is 0 Å². The van der Waals surface area contributed by atoms with Crippen LogP contribution in [-0.4, -0.2) is 11.8 Å². The Bertz CT molecular complexity index is 576. The zero-order valence-electron chi connectivity index (χ0n) is 10.3. The third-order valence-electron chi connectivity index (χ3n) is 2.93. The first-order valence-electron chi connectivity index (χ1n) is 5.89. The molecule has 0 fully saturated rings. The number of esters is 1. The molecule has 3 nitrogen and oxygen atoms in total. The molecule has 2 rings (SSSR count). The number of ketones is 1. The molecule has 0 radical (unpaired) electrons. The first kappa shape index (κ1) is 14.1. The average molecular weight is 299 g/mol. The third kappa shape index (κ3) is 3.17. The number of benzene rings is 1. The number of ether oxygens (including phenoxy) is 1. The quantitative estimate of drug-likeness (QED) is 0.772. The van der Waals surface area contributed by atoms with Gasteiger partial charge in [-0.15, -0.1) is 0 Å². The van der Waals surface area contributed by atoms with Crippen LogP contribution in [0.2, 0.25) is 10.0 Å². The molecule has 0 aromatic heterocycles. The molecule has 5 heteroatoms. The average Bonchev–Trinajstić information content (AvgIpc) is 2.36. The lowest BCUT2D eigenvalue weighted by atomic mass is 10.1. The summed E-state index contributed by atoms with van der Waals surface area (Å²) >= 11 is 12.0. The van der Waals surface area contributed by atoms with Crippen molar-refractivity contribution in [1.29, 1.82) is 0 Å². The summed E-state index contributed by atoms with van der Waals surface area (Å²) in [6.45, 7) is 1.73. The van der Waals surface area contributed by atoms with Crippen LogP contribution in [0.25, 0.3) is 0 Å². The summed E-state index contributed by atoms with van der Waals surface area (Å²) in [5, 5.41) is 0.772. The van der Waals surface area contributed by atoms with E-state index in [4.69, 9.17) is 27.9 Å². The van der Waals surface area contributed by atoms with Crippen LogP contribution in [0, 0.1) is 6.92 Å². The first-order chi connectivity index (χ1) is 8.99. The molecule has 0 bridgehead atoms. The number of halogens is 2. The van der Waals surface area contributed by atoms with Crippen molar-refractivity contribution in [3.8, 4) is 0 Å². The highest BCUT2D eigenvalue weighted by Gasteiger charge is 2.19. The summed E-state index contributed by atoms with van der Waals surface area (Å²) in [6, 6.07) is 3.12. The Morgan fingerprint density at radius 2 is 2.00 bits per heavy atom. The molecule has 0 aliphatic heterocycles. The normalized spacial score (nSPS) is 15.1. The minimum Gasteiger partial charge on any atom is -0.427 e. The van der Waals surface area contributed by atoms with E-state index in [9.17, 15) is 9.59 Å². The molecule has 19 heavy (non-hydrogen) atoms. The number of hydrogen-bond donors (Lipinski definition) is 0. The fourth-order valence-corrected chi connectivity index (χ4v) is 2.28. The summed E-state index contributed by atoms with van der Waals surface area (Å²) in [5.74, 6) is -0.192. The summed E-state index contributed by atoms with van der Waals surface area (Å²) in [6.07, 6.45) is 3.16. The maximum atomic E-state index is 12.0. The molecule has 1 aromatic carbocycles. The van der Waals surface area contributed by atoms with Gasteiger partial charge < -0.3 is 4.74 Å². The zero-order chi connectivity index (χ0) is 14.0. The Kier molecular flexibility index (Phi) is 4.27. The molecular formula is C14H12Cl2O3. The first-order valence-corrected chi connectivity index (χ1v) is 6.65. The van der Waals surface area contributed by atoms with Gasteiger partial charge in [0.1, 0.15) is 5.76 Å². The number of rotatable bonds is 2. The predicted octanol–water partition coefficient (Wildman–Crippen LogP) is 4.10. The SMILES string of the molecule is Cc1c(Cl)ccc(C(=O)OC2=CC(=O)CCC2)c1Cl. The second-order valence-electron chi connectivity index (χ2n) is 4.35. The van der Waals surface area contributed by atoms with Gasteiger partial charge >= 0.3 is 5.97 Å². The second-order valence-corrected chi connectivity index (χ2v) is 5.14. The Morgan fingerprint density at radius 1 is 1.26 bits per heavy atom. The van der Waals surface area contributed by atoms with Gasteiger partial charge in [-0.1, -0.05) is 23.2 Å². The molecule has 0 atom stereocenters. The molecule has 0 amide bonds. The van der Waals surface area contributed by atoms with Crippen molar-refractivity contribution in [3.63, 3.8) is 0 Å².